The summed E-state index contributed by atoms with van der Waals surface area (Å²) in [5.74, 6) is 0. The van der Waals surface area contributed by atoms with Gasteiger partial charge in [-0.25, -0.2) is 0 Å². The standard InChI is InChI=1S/C16H19Cl2N3/c17-12-7-11(8-13(18)9-12)16(19)10-14-5-6-21(20-14)15-3-1-2-4-15/h5-9,15-16H,1-4,10,19H2. The van der Waals surface area contributed by atoms with Crippen LogP contribution in [0.3, 0.4) is 0 Å². The minimum absolute atomic E-state index is 0.145. The maximum Gasteiger partial charge on any atom is 0.0643 e. The van der Waals surface area contributed by atoms with Crippen LogP contribution < -0.4 is 5.73 Å². The summed E-state index contributed by atoms with van der Waals surface area (Å²) >= 11 is 12.1. The van der Waals surface area contributed by atoms with E-state index >= 15 is 0 Å². The van der Waals surface area contributed by atoms with Crippen LogP contribution in [0.5, 0.6) is 0 Å². The van der Waals surface area contributed by atoms with Gasteiger partial charge < -0.3 is 5.73 Å². The molecular weight excluding hydrogens is 305 g/mol. The second-order valence-electron chi connectivity index (χ2n) is 5.74. The highest BCUT2D eigenvalue weighted by Gasteiger charge is 2.18. The molecule has 1 atom stereocenters. The Hall–Kier alpha value is -1.03. The van der Waals surface area contributed by atoms with Crippen molar-refractivity contribution in [2.24, 2.45) is 5.73 Å². The van der Waals surface area contributed by atoms with Crippen LogP contribution in [0.2, 0.25) is 10.0 Å². The first-order valence-corrected chi connectivity index (χ1v) is 8.13. The highest BCUT2D eigenvalue weighted by Crippen LogP contribution is 2.29. The summed E-state index contributed by atoms with van der Waals surface area (Å²) < 4.78 is 2.10. The molecule has 1 aliphatic carbocycles. The molecule has 1 aromatic heterocycles. The molecule has 0 radical (unpaired) electrons. The Labute approximate surface area is 135 Å². The molecular formula is C16H19Cl2N3. The van der Waals surface area contributed by atoms with Crippen molar-refractivity contribution in [2.45, 2.75) is 44.2 Å². The quantitative estimate of drug-likeness (QED) is 0.897. The van der Waals surface area contributed by atoms with Gasteiger partial charge in [0, 0.05) is 28.7 Å². The third kappa shape index (κ3) is 3.60. The van der Waals surface area contributed by atoms with E-state index in [0.29, 0.717) is 22.5 Å². The van der Waals surface area contributed by atoms with Crippen molar-refractivity contribution in [3.63, 3.8) is 0 Å². The molecule has 0 bridgehead atoms. The number of nitrogens with zero attached hydrogens (tertiary/aromatic N) is 2. The van der Waals surface area contributed by atoms with E-state index in [9.17, 15) is 0 Å². The molecule has 21 heavy (non-hydrogen) atoms. The van der Waals surface area contributed by atoms with Crippen molar-refractivity contribution in [1.82, 2.24) is 9.78 Å². The van der Waals surface area contributed by atoms with Gasteiger partial charge in [0.05, 0.1) is 11.7 Å². The molecule has 0 amide bonds. The largest absolute Gasteiger partial charge is 0.324 e. The molecule has 0 spiro atoms. The van der Waals surface area contributed by atoms with Crippen LogP contribution in [0.15, 0.2) is 30.5 Å². The molecule has 2 aromatic rings. The SMILES string of the molecule is NC(Cc1ccn(C2CCCC2)n1)c1cc(Cl)cc(Cl)c1. The van der Waals surface area contributed by atoms with Gasteiger partial charge >= 0.3 is 0 Å². The summed E-state index contributed by atoms with van der Waals surface area (Å²) in [4.78, 5) is 0. The molecule has 0 saturated heterocycles. The van der Waals surface area contributed by atoms with E-state index in [4.69, 9.17) is 28.9 Å². The lowest BCUT2D eigenvalue weighted by Crippen LogP contribution is -2.14. The van der Waals surface area contributed by atoms with Crippen molar-refractivity contribution in [3.8, 4) is 0 Å². The topological polar surface area (TPSA) is 43.8 Å². The fourth-order valence-electron chi connectivity index (χ4n) is 2.99. The first kappa shape index (κ1) is 14.9. The first-order valence-electron chi connectivity index (χ1n) is 7.37. The van der Waals surface area contributed by atoms with Gasteiger partial charge in [0.15, 0.2) is 0 Å². The number of aromatic nitrogens is 2. The second-order valence-corrected chi connectivity index (χ2v) is 6.61. The van der Waals surface area contributed by atoms with E-state index < -0.39 is 0 Å². The maximum absolute atomic E-state index is 6.26. The summed E-state index contributed by atoms with van der Waals surface area (Å²) in [5, 5.41) is 5.90. The lowest BCUT2D eigenvalue weighted by Gasteiger charge is -2.12. The van der Waals surface area contributed by atoms with Gasteiger partial charge in [-0.15, -0.1) is 0 Å². The van der Waals surface area contributed by atoms with Gasteiger partial charge in [0.1, 0.15) is 0 Å². The third-order valence-corrected chi connectivity index (χ3v) is 4.54. The van der Waals surface area contributed by atoms with E-state index in [1.54, 1.807) is 6.07 Å². The van der Waals surface area contributed by atoms with E-state index in [1.165, 1.54) is 25.7 Å². The van der Waals surface area contributed by atoms with E-state index in [1.807, 2.05) is 12.1 Å². The number of rotatable bonds is 4. The molecule has 1 aromatic carbocycles. The lowest BCUT2D eigenvalue weighted by atomic mass is 10.0. The summed E-state index contributed by atoms with van der Waals surface area (Å²) in [6.45, 7) is 0. The second kappa shape index (κ2) is 6.39. The number of halogens is 2. The van der Waals surface area contributed by atoms with E-state index in [-0.39, 0.29) is 6.04 Å². The van der Waals surface area contributed by atoms with Crippen molar-refractivity contribution in [1.29, 1.82) is 0 Å². The molecule has 1 fully saturated rings. The normalized spacial score (nSPS) is 17.3. The molecule has 3 nitrogen and oxygen atoms in total. The van der Waals surface area contributed by atoms with Crippen molar-refractivity contribution in [2.75, 3.05) is 0 Å². The van der Waals surface area contributed by atoms with Crippen molar-refractivity contribution in [3.05, 3.63) is 51.8 Å². The zero-order valence-electron chi connectivity index (χ0n) is 11.8. The monoisotopic (exact) mass is 323 g/mol. The smallest absolute Gasteiger partial charge is 0.0643 e. The maximum atomic E-state index is 6.26. The molecule has 5 heteroatoms. The van der Waals surface area contributed by atoms with E-state index in [0.717, 1.165) is 11.3 Å². The Morgan fingerprint density at radius 1 is 1.19 bits per heavy atom. The number of benzene rings is 1. The predicted octanol–water partition coefficient (Wildman–Crippen LogP) is 4.55. The fourth-order valence-corrected chi connectivity index (χ4v) is 3.53. The Morgan fingerprint density at radius 3 is 2.52 bits per heavy atom. The zero-order valence-corrected chi connectivity index (χ0v) is 13.3. The molecule has 3 rings (SSSR count). The van der Waals surface area contributed by atoms with Gasteiger partial charge in [0.2, 0.25) is 0 Å². The first-order chi connectivity index (χ1) is 10.1. The highest BCUT2D eigenvalue weighted by atomic mass is 35.5. The summed E-state index contributed by atoms with van der Waals surface area (Å²) in [5.41, 5.74) is 8.23. The molecule has 112 valence electrons. The van der Waals surface area contributed by atoms with E-state index in [2.05, 4.69) is 22.0 Å². The Bertz CT molecular complexity index is 597. The van der Waals surface area contributed by atoms with Crippen LogP contribution >= 0.6 is 23.2 Å². The molecule has 1 aliphatic rings. The number of hydrogen-bond donors (Lipinski definition) is 1. The van der Waals surface area contributed by atoms with Crippen LogP contribution in [0.4, 0.5) is 0 Å². The van der Waals surface area contributed by atoms with Crippen LogP contribution in [0.1, 0.15) is 49.0 Å². The molecule has 1 saturated carbocycles. The van der Waals surface area contributed by atoms with Gasteiger partial charge in [-0.1, -0.05) is 36.0 Å². The average molecular weight is 324 g/mol. The van der Waals surface area contributed by atoms with Gasteiger partial charge in [-0.2, -0.15) is 5.10 Å². The molecule has 1 heterocycles. The molecule has 1 unspecified atom stereocenters. The van der Waals surface area contributed by atoms with Crippen LogP contribution in [-0.4, -0.2) is 9.78 Å². The summed E-state index contributed by atoms with van der Waals surface area (Å²) in [7, 11) is 0. The fraction of sp³-hybridized carbons (Fsp3) is 0.438. The third-order valence-electron chi connectivity index (χ3n) is 4.10. The molecule has 0 aliphatic heterocycles. The highest BCUT2D eigenvalue weighted by molar-refractivity contribution is 6.34. The Balaban J connectivity index is 1.70. The zero-order chi connectivity index (χ0) is 14.8. The van der Waals surface area contributed by atoms with Crippen LogP contribution in [0, 0.1) is 0 Å². The van der Waals surface area contributed by atoms with Crippen molar-refractivity contribution >= 4 is 23.2 Å². The van der Waals surface area contributed by atoms with Gasteiger partial charge in [-0.3, -0.25) is 4.68 Å². The number of nitrogens with two attached hydrogens (primary N) is 1. The summed E-state index contributed by atoms with van der Waals surface area (Å²) in [6.07, 6.45) is 7.84. The van der Waals surface area contributed by atoms with Gasteiger partial charge in [0.25, 0.3) is 0 Å². The minimum Gasteiger partial charge on any atom is -0.324 e. The average Bonchev–Trinajstić information content (AvgIpc) is 3.07. The van der Waals surface area contributed by atoms with Crippen LogP contribution in [0.25, 0.3) is 0 Å². The summed E-state index contributed by atoms with van der Waals surface area (Å²) in [6, 6.07) is 7.93. The van der Waals surface area contributed by atoms with Crippen LogP contribution in [-0.2, 0) is 6.42 Å². The van der Waals surface area contributed by atoms with Gasteiger partial charge in [-0.05, 0) is 42.7 Å². The number of hydrogen-bond acceptors (Lipinski definition) is 2. The van der Waals surface area contributed by atoms with Crippen molar-refractivity contribution < 1.29 is 0 Å². The Morgan fingerprint density at radius 2 is 1.86 bits per heavy atom. The minimum atomic E-state index is -0.145. The molecule has 2 N–H and O–H groups in total. The lowest BCUT2D eigenvalue weighted by molar-refractivity contribution is 0.461. The predicted molar refractivity (Wildman–Crippen MR) is 86.8 cm³/mol. The Kier molecular flexibility index (Phi) is 4.53.